The molecule has 2 aromatic heterocycles. The van der Waals surface area contributed by atoms with Crippen LogP contribution in [0.1, 0.15) is 47.5 Å². The Balaban J connectivity index is 1.30. The van der Waals surface area contributed by atoms with Crippen molar-refractivity contribution in [3.05, 3.63) is 16.9 Å². The third-order valence-corrected chi connectivity index (χ3v) is 7.77. The number of hydrogen-bond acceptors (Lipinski definition) is 9. The van der Waals surface area contributed by atoms with Crippen LogP contribution < -0.4 is 10.2 Å². The summed E-state index contributed by atoms with van der Waals surface area (Å²) in [5.74, 6) is 0.141. The molecular formula is C25H36BrN7O3S. The summed E-state index contributed by atoms with van der Waals surface area (Å²) >= 11 is 4.98. The van der Waals surface area contributed by atoms with E-state index in [0.717, 1.165) is 26.0 Å². The Hall–Kier alpha value is -2.47. The van der Waals surface area contributed by atoms with Gasteiger partial charge in [0.25, 0.3) is 0 Å². The van der Waals surface area contributed by atoms with Crippen molar-refractivity contribution in [3.63, 3.8) is 0 Å². The van der Waals surface area contributed by atoms with Gasteiger partial charge in [-0.25, -0.2) is 9.78 Å². The molecule has 4 heterocycles. The zero-order chi connectivity index (χ0) is 26.7. The fraction of sp³-hybridized carbons (Fsp3) is 0.640. The van der Waals surface area contributed by atoms with E-state index in [-0.39, 0.29) is 24.0 Å². The molecule has 0 saturated carbocycles. The molecule has 10 nitrogen and oxygen atoms in total. The Morgan fingerprint density at radius 2 is 1.76 bits per heavy atom. The molecule has 2 amide bonds. The number of aromatic nitrogens is 3. The highest BCUT2D eigenvalue weighted by Gasteiger charge is 2.33. The first-order valence-electron chi connectivity index (χ1n) is 12.8. The summed E-state index contributed by atoms with van der Waals surface area (Å²) < 4.78 is 6.23. The first-order chi connectivity index (χ1) is 17.5. The third-order valence-electron chi connectivity index (χ3n) is 6.32. The van der Waals surface area contributed by atoms with Gasteiger partial charge >= 0.3 is 6.09 Å². The Kier molecular flexibility index (Phi) is 8.57. The van der Waals surface area contributed by atoms with Gasteiger partial charge in [-0.2, -0.15) is 0 Å². The second-order valence-electron chi connectivity index (χ2n) is 10.8. The number of carbonyl (C=O) groups excluding carboxylic acids is 2. The molecule has 0 aliphatic carbocycles. The van der Waals surface area contributed by atoms with Crippen LogP contribution in [0, 0.1) is 5.92 Å². The van der Waals surface area contributed by atoms with Crippen LogP contribution >= 0.6 is 27.3 Å². The van der Waals surface area contributed by atoms with E-state index in [9.17, 15) is 9.59 Å². The van der Waals surface area contributed by atoms with Crippen LogP contribution in [0.2, 0.25) is 0 Å². The minimum absolute atomic E-state index is 0.0462. The Morgan fingerprint density at radius 1 is 1.08 bits per heavy atom. The highest BCUT2D eigenvalue weighted by molar-refractivity contribution is 9.10. The number of rotatable bonds is 5. The van der Waals surface area contributed by atoms with Gasteiger partial charge in [0.05, 0.1) is 5.56 Å². The van der Waals surface area contributed by atoms with Gasteiger partial charge in [0.1, 0.15) is 10.2 Å². The lowest BCUT2D eigenvalue weighted by atomic mass is 9.95. The number of piperazine rings is 1. The Morgan fingerprint density at radius 3 is 2.38 bits per heavy atom. The van der Waals surface area contributed by atoms with Crippen LogP contribution in [0.15, 0.2) is 16.9 Å². The van der Waals surface area contributed by atoms with E-state index in [2.05, 4.69) is 55.2 Å². The van der Waals surface area contributed by atoms with Crippen molar-refractivity contribution in [1.29, 1.82) is 0 Å². The maximum atomic E-state index is 13.2. The van der Waals surface area contributed by atoms with Gasteiger partial charge in [0.15, 0.2) is 5.01 Å². The van der Waals surface area contributed by atoms with Crippen LogP contribution in [-0.4, -0.2) is 87.9 Å². The lowest BCUT2D eigenvalue weighted by Crippen LogP contribution is -2.52. The molecule has 2 aromatic rings. The molecular weight excluding hydrogens is 558 g/mol. The van der Waals surface area contributed by atoms with Gasteiger partial charge in [-0.15, -0.1) is 10.2 Å². The van der Waals surface area contributed by atoms with Gasteiger partial charge in [0, 0.05) is 63.1 Å². The first-order valence-corrected chi connectivity index (χ1v) is 14.4. The first kappa shape index (κ1) is 27.6. The zero-order valence-corrected chi connectivity index (χ0v) is 24.6. The largest absolute Gasteiger partial charge is 0.444 e. The van der Waals surface area contributed by atoms with Crippen LogP contribution in [0.25, 0.3) is 10.6 Å². The van der Waals surface area contributed by atoms with E-state index in [4.69, 9.17) is 4.74 Å². The van der Waals surface area contributed by atoms with E-state index in [1.54, 1.807) is 4.90 Å². The SMILES string of the molecule is CC(C)Nc1cc(Br)ncc1-c1nnc(N2CCN(C(=O)C3CCN(C(=O)OC(C)(C)C)CC3)CC2)s1. The molecule has 0 spiro atoms. The van der Waals surface area contributed by atoms with Crippen molar-refractivity contribution in [2.24, 2.45) is 5.92 Å². The van der Waals surface area contributed by atoms with Crippen molar-refractivity contribution in [2.75, 3.05) is 49.5 Å². The van der Waals surface area contributed by atoms with E-state index in [1.807, 2.05) is 37.9 Å². The number of carbonyl (C=O) groups is 2. The maximum Gasteiger partial charge on any atom is 0.410 e. The Labute approximate surface area is 230 Å². The maximum absolute atomic E-state index is 13.2. The topological polar surface area (TPSA) is 104 Å². The summed E-state index contributed by atoms with van der Waals surface area (Å²) in [5.41, 5.74) is 1.37. The molecule has 2 saturated heterocycles. The zero-order valence-electron chi connectivity index (χ0n) is 22.2. The van der Waals surface area contributed by atoms with Crippen molar-refractivity contribution < 1.29 is 14.3 Å². The van der Waals surface area contributed by atoms with Crippen molar-refractivity contribution in [3.8, 4) is 10.6 Å². The highest BCUT2D eigenvalue weighted by Crippen LogP contribution is 2.35. The average molecular weight is 595 g/mol. The van der Waals surface area contributed by atoms with Crippen LogP contribution in [0.5, 0.6) is 0 Å². The molecule has 0 atom stereocenters. The standard InChI is InChI=1S/C25H36BrN7O3S/c1-16(2)28-19-14-20(26)27-15-18(19)21-29-30-23(37-21)32-12-10-31(11-13-32)22(34)17-6-8-33(9-7-17)24(35)36-25(3,4)5/h14-17H,6-13H2,1-5H3,(H,27,28). The quantitative estimate of drug-likeness (QED) is 0.506. The van der Waals surface area contributed by atoms with Crippen molar-refractivity contribution >= 4 is 50.1 Å². The number of likely N-dealkylation sites (tertiary alicyclic amines) is 1. The predicted molar refractivity (Wildman–Crippen MR) is 149 cm³/mol. The minimum Gasteiger partial charge on any atom is -0.444 e. The van der Waals surface area contributed by atoms with E-state index in [0.29, 0.717) is 52.1 Å². The molecule has 0 unspecified atom stereocenters. The summed E-state index contributed by atoms with van der Waals surface area (Å²) in [7, 11) is 0. The number of hydrogen-bond donors (Lipinski definition) is 1. The number of piperidine rings is 1. The van der Waals surface area contributed by atoms with Gasteiger partial charge < -0.3 is 24.8 Å². The molecule has 37 heavy (non-hydrogen) atoms. The molecule has 12 heteroatoms. The number of nitrogens with one attached hydrogen (secondary N) is 1. The lowest BCUT2D eigenvalue weighted by molar-refractivity contribution is -0.137. The van der Waals surface area contributed by atoms with E-state index >= 15 is 0 Å². The van der Waals surface area contributed by atoms with Gasteiger partial charge in [-0.3, -0.25) is 4.79 Å². The van der Waals surface area contributed by atoms with Crippen LogP contribution in [-0.2, 0) is 9.53 Å². The molecule has 0 radical (unpaired) electrons. The molecule has 1 N–H and O–H groups in total. The van der Waals surface area contributed by atoms with Crippen LogP contribution in [0.3, 0.4) is 0 Å². The summed E-state index contributed by atoms with van der Waals surface area (Å²) in [6, 6.07) is 2.23. The summed E-state index contributed by atoms with van der Waals surface area (Å²) in [4.78, 5) is 35.7. The monoisotopic (exact) mass is 593 g/mol. The normalized spacial score (nSPS) is 17.3. The number of nitrogens with zero attached hydrogens (tertiary/aromatic N) is 6. The summed E-state index contributed by atoms with van der Waals surface area (Å²) in [6.45, 7) is 13.6. The fourth-order valence-electron chi connectivity index (χ4n) is 4.49. The second-order valence-corrected chi connectivity index (χ2v) is 12.6. The van der Waals surface area contributed by atoms with Gasteiger partial charge in [-0.05, 0) is 69.5 Å². The molecule has 0 bridgehead atoms. The lowest BCUT2D eigenvalue weighted by Gasteiger charge is -2.38. The van der Waals surface area contributed by atoms with E-state index in [1.165, 1.54) is 11.3 Å². The number of pyridine rings is 1. The number of anilines is 2. The highest BCUT2D eigenvalue weighted by atomic mass is 79.9. The molecule has 4 rings (SSSR count). The van der Waals surface area contributed by atoms with Gasteiger partial charge in [0.2, 0.25) is 11.0 Å². The summed E-state index contributed by atoms with van der Waals surface area (Å²) in [5, 5.41) is 14.0. The molecule has 2 fully saturated rings. The number of ether oxygens (including phenoxy) is 1. The van der Waals surface area contributed by atoms with Crippen LogP contribution in [0.4, 0.5) is 15.6 Å². The molecule has 202 valence electrons. The predicted octanol–water partition coefficient (Wildman–Crippen LogP) is 4.48. The number of halogens is 1. The average Bonchev–Trinajstić information content (AvgIpc) is 3.32. The fourth-order valence-corrected chi connectivity index (χ4v) is 5.75. The van der Waals surface area contributed by atoms with Gasteiger partial charge in [-0.1, -0.05) is 11.3 Å². The molecule has 0 aromatic carbocycles. The summed E-state index contributed by atoms with van der Waals surface area (Å²) in [6.07, 6.45) is 2.86. The molecule has 2 aliphatic heterocycles. The molecule has 2 aliphatic rings. The number of amides is 2. The Bertz CT molecular complexity index is 1100. The van der Waals surface area contributed by atoms with Crippen molar-refractivity contribution in [1.82, 2.24) is 25.0 Å². The van der Waals surface area contributed by atoms with Crippen molar-refractivity contribution in [2.45, 2.75) is 59.1 Å². The van der Waals surface area contributed by atoms with E-state index < -0.39 is 5.60 Å². The second kappa shape index (κ2) is 11.5. The minimum atomic E-state index is -0.514. The third kappa shape index (κ3) is 7.10. The smallest absolute Gasteiger partial charge is 0.410 e.